The highest BCUT2D eigenvalue weighted by Crippen LogP contribution is 2.26. The fraction of sp³-hybridized carbons (Fsp3) is 0.333. The molecule has 1 aromatic heterocycles. The van der Waals surface area contributed by atoms with Crippen LogP contribution >= 0.6 is 11.6 Å². The zero-order valence-electron chi connectivity index (χ0n) is 9.48. The topological polar surface area (TPSA) is 39.9 Å². The Morgan fingerprint density at radius 2 is 2.12 bits per heavy atom. The molecule has 0 unspecified atom stereocenters. The average molecular weight is 250 g/mol. The molecule has 2 aromatic rings. The Morgan fingerprint density at radius 1 is 1.29 bits per heavy atom. The summed E-state index contributed by atoms with van der Waals surface area (Å²) >= 11 is 5.78. The molecule has 0 fully saturated rings. The summed E-state index contributed by atoms with van der Waals surface area (Å²) in [7, 11) is 1.93. The molecule has 0 amide bonds. The van der Waals surface area contributed by atoms with Crippen LogP contribution in [-0.2, 0) is 30.9 Å². The second-order valence-corrected chi connectivity index (χ2v) is 4.38. The predicted molar refractivity (Wildman–Crippen MR) is 64.5 cm³/mol. The van der Waals surface area contributed by atoms with Gasteiger partial charge in [0.1, 0.15) is 5.82 Å². The van der Waals surface area contributed by atoms with Crippen LogP contribution in [0, 0.1) is 0 Å². The zero-order valence-corrected chi connectivity index (χ0v) is 10.2. The van der Waals surface area contributed by atoms with Crippen molar-refractivity contribution in [2.45, 2.75) is 19.1 Å². The van der Waals surface area contributed by atoms with Gasteiger partial charge in [0, 0.05) is 12.6 Å². The second kappa shape index (κ2) is 4.13. The number of alkyl halides is 1. The van der Waals surface area contributed by atoms with Crippen molar-refractivity contribution < 1.29 is 4.74 Å². The van der Waals surface area contributed by atoms with E-state index < -0.39 is 0 Å². The lowest BCUT2D eigenvalue weighted by Gasteiger charge is -2.04. The minimum Gasteiger partial charge on any atom is -0.372 e. The molecule has 5 heteroatoms. The average Bonchev–Trinajstić information content (AvgIpc) is 2.94. The third kappa shape index (κ3) is 1.73. The Kier molecular flexibility index (Phi) is 2.61. The second-order valence-electron chi connectivity index (χ2n) is 4.11. The van der Waals surface area contributed by atoms with Gasteiger partial charge in [0.25, 0.3) is 0 Å². The summed E-state index contributed by atoms with van der Waals surface area (Å²) in [5.74, 6) is 1.99. The van der Waals surface area contributed by atoms with E-state index in [1.807, 2.05) is 11.6 Å². The smallest absolute Gasteiger partial charge is 0.163 e. The van der Waals surface area contributed by atoms with Gasteiger partial charge < -0.3 is 9.30 Å². The number of halogens is 1. The molecule has 88 valence electrons. The number of ether oxygens (including phenoxy) is 1. The molecule has 0 bridgehead atoms. The van der Waals surface area contributed by atoms with Gasteiger partial charge in [0.05, 0.1) is 19.1 Å². The third-order valence-corrected chi connectivity index (χ3v) is 3.30. The lowest BCUT2D eigenvalue weighted by Crippen LogP contribution is -1.97. The Labute approximate surface area is 104 Å². The highest BCUT2D eigenvalue weighted by molar-refractivity contribution is 6.16. The lowest BCUT2D eigenvalue weighted by atomic mass is 10.1. The molecular weight excluding hydrogens is 238 g/mol. The van der Waals surface area contributed by atoms with Crippen LogP contribution in [0.3, 0.4) is 0 Å². The van der Waals surface area contributed by atoms with E-state index in [1.165, 1.54) is 11.1 Å². The highest BCUT2D eigenvalue weighted by Gasteiger charge is 2.15. The summed E-state index contributed by atoms with van der Waals surface area (Å²) in [5, 5.41) is 8.22. The van der Waals surface area contributed by atoms with Gasteiger partial charge in [-0.05, 0) is 17.2 Å². The molecule has 0 saturated carbocycles. The minimum atomic E-state index is 0.373. The first kappa shape index (κ1) is 10.7. The molecule has 2 heterocycles. The molecule has 0 N–H and O–H groups in total. The zero-order chi connectivity index (χ0) is 11.8. The molecule has 1 aliphatic heterocycles. The summed E-state index contributed by atoms with van der Waals surface area (Å²) < 4.78 is 7.32. The van der Waals surface area contributed by atoms with Gasteiger partial charge in [0.2, 0.25) is 0 Å². The summed E-state index contributed by atoms with van der Waals surface area (Å²) in [5.41, 5.74) is 3.55. The normalized spacial score (nSPS) is 14.0. The third-order valence-electron chi connectivity index (χ3n) is 3.06. The van der Waals surface area contributed by atoms with Gasteiger partial charge in [-0.25, -0.2) is 0 Å². The summed E-state index contributed by atoms with van der Waals surface area (Å²) in [6.07, 6.45) is 0. The van der Waals surface area contributed by atoms with Gasteiger partial charge in [-0.3, -0.25) is 0 Å². The van der Waals surface area contributed by atoms with E-state index in [9.17, 15) is 0 Å². The number of nitrogens with zero attached hydrogens (tertiary/aromatic N) is 3. The number of fused-ring (bicyclic) bond motifs is 1. The Morgan fingerprint density at radius 3 is 2.88 bits per heavy atom. The maximum Gasteiger partial charge on any atom is 0.163 e. The van der Waals surface area contributed by atoms with E-state index in [4.69, 9.17) is 16.3 Å². The van der Waals surface area contributed by atoms with Crippen LogP contribution in [0.15, 0.2) is 18.2 Å². The van der Waals surface area contributed by atoms with Crippen molar-refractivity contribution in [1.29, 1.82) is 0 Å². The molecule has 3 rings (SSSR count). The molecule has 1 aromatic carbocycles. The fourth-order valence-electron chi connectivity index (χ4n) is 2.04. The standard InChI is InChI=1S/C12H12ClN3O/c1-16-11(5-13)14-15-12(16)8-2-3-9-6-17-7-10(9)4-8/h2-4H,5-7H2,1H3. The van der Waals surface area contributed by atoms with Crippen LogP contribution in [0.4, 0.5) is 0 Å². The van der Waals surface area contributed by atoms with Crippen molar-refractivity contribution in [3.63, 3.8) is 0 Å². The fourth-order valence-corrected chi connectivity index (χ4v) is 2.27. The predicted octanol–water partition coefficient (Wildman–Crippen LogP) is 2.25. The summed E-state index contributed by atoms with van der Waals surface area (Å²) in [6.45, 7) is 1.39. The maximum absolute atomic E-state index is 5.78. The Bertz CT molecular complexity index is 565. The number of benzene rings is 1. The molecule has 4 nitrogen and oxygen atoms in total. The van der Waals surface area contributed by atoms with Crippen LogP contribution in [-0.4, -0.2) is 14.8 Å². The van der Waals surface area contributed by atoms with E-state index in [0.717, 1.165) is 17.2 Å². The summed E-state index contributed by atoms with van der Waals surface area (Å²) in [6, 6.07) is 6.26. The molecular formula is C12H12ClN3O. The van der Waals surface area contributed by atoms with Gasteiger partial charge in [-0.1, -0.05) is 12.1 Å². The van der Waals surface area contributed by atoms with E-state index in [-0.39, 0.29) is 0 Å². The first-order valence-electron chi connectivity index (χ1n) is 5.43. The molecule has 0 radical (unpaired) electrons. The number of rotatable bonds is 2. The first-order chi connectivity index (χ1) is 8.29. The van der Waals surface area contributed by atoms with E-state index in [1.54, 1.807) is 0 Å². The molecule has 0 atom stereocenters. The number of hydrogen-bond donors (Lipinski definition) is 0. The van der Waals surface area contributed by atoms with E-state index >= 15 is 0 Å². The molecule has 17 heavy (non-hydrogen) atoms. The molecule has 0 saturated heterocycles. The van der Waals surface area contributed by atoms with Crippen molar-refractivity contribution >= 4 is 11.6 Å². The monoisotopic (exact) mass is 249 g/mol. The van der Waals surface area contributed by atoms with E-state index in [0.29, 0.717) is 19.1 Å². The maximum atomic E-state index is 5.78. The molecule has 1 aliphatic rings. The SMILES string of the molecule is Cn1c(CCl)nnc1-c1ccc2c(c1)COC2. The van der Waals surface area contributed by atoms with Gasteiger partial charge in [0.15, 0.2) is 5.82 Å². The molecule has 0 spiro atoms. The quantitative estimate of drug-likeness (QED) is 0.767. The van der Waals surface area contributed by atoms with Gasteiger partial charge in [-0.2, -0.15) is 0 Å². The minimum absolute atomic E-state index is 0.373. The first-order valence-corrected chi connectivity index (χ1v) is 5.97. The number of aromatic nitrogens is 3. The van der Waals surface area contributed by atoms with Crippen LogP contribution in [0.25, 0.3) is 11.4 Å². The van der Waals surface area contributed by atoms with Crippen LogP contribution in [0.2, 0.25) is 0 Å². The van der Waals surface area contributed by atoms with Crippen molar-refractivity contribution in [1.82, 2.24) is 14.8 Å². The van der Waals surface area contributed by atoms with Crippen molar-refractivity contribution in [3.8, 4) is 11.4 Å². The Balaban J connectivity index is 2.06. The van der Waals surface area contributed by atoms with Crippen molar-refractivity contribution in [2.75, 3.05) is 0 Å². The van der Waals surface area contributed by atoms with Crippen LogP contribution in [0.1, 0.15) is 17.0 Å². The van der Waals surface area contributed by atoms with Crippen LogP contribution < -0.4 is 0 Å². The van der Waals surface area contributed by atoms with Gasteiger partial charge in [-0.15, -0.1) is 21.8 Å². The van der Waals surface area contributed by atoms with Crippen LogP contribution in [0.5, 0.6) is 0 Å². The van der Waals surface area contributed by atoms with Crippen molar-refractivity contribution in [3.05, 3.63) is 35.2 Å². The van der Waals surface area contributed by atoms with Gasteiger partial charge >= 0.3 is 0 Å². The number of hydrogen-bond acceptors (Lipinski definition) is 3. The molecule has 0 aliphatic carbocycles. The lowest BCUT2D eigenvalue weighted by molar-refractivity contribution is 0.134. The van der Waals surface area contributed by atoms with E-state index in [2.05, 4.69) is 28.4 Å². The largest absolute Gasteiger partial charge is 0.372 e. The Hall–Kier alpha value is -1.39. The highest BCUT2D eigenvalue weighted by atomic mass is 35.5. The summed E-state index contributed by atoms with van der Waals surface area (Å²) in [4.78, 5) is 0. The van der Waals surface area contributed by atoms with Crippen molar-refractivity contribution in [2.24, 2.45) is 7.05 Å².